The van der Waals surface area contributed by atoms with E-state index in [0.717, 1.165) is 5.75 Å². The van der Waals surface area contributed by atoms with Crippen LogP contribution in [0.25, 0.3) is 0 Å². The van der Waals surface area contributed by atoms with E-state index in [9.17, 15) is 0 Å². The molecule has 0 N–H and O–H groups in total. The third kappa shape index (κ3) is 14.1. The average Bonchev–Trinajstić information content (AvgIpc) is 1.97. The Morgan fingerprint density at radius 1 is 1.00 bits per heavy atom. The van der Waals surface area contributed by atoms with Crippen LogP contribution in [0.1, 0.15) is 45.4 Å². The van der Waals surface area contributed by atoms with Crippen LogP contribution in [-0.4, -0.2) is 24.6 Å². The third-order valence-electron chi connectivity index (χ3n) is 1.58. The number of unbranched alkanes of at least 4 members (excludes halogenated alkanes) is 5. The van der Waals surface area contributed by atoms with Gasteiger partial charge in [0.1, 0.15) is 0 Å². The fourth-order valence-electron chi connectivity index (χ4n) is 0.937. The summed E-state index contributed by atoms with van der Waals surface area (Å²) in [5.41, 5.74) is 0. The van der Waals surface area contributed by atoms with E-state index in [-0.39, 0.29) is 18.9 Å². The Hall–Kier alpha value is 1.24. The molecular formula is C8H18ClLiS. The minimum absolute atomic E-state index is 0. The Balaban J connectivity index is 0. The number of hydrogen-bond donors (Lipinski definition) is 0. The second-order valence-corrected chi connectivity index (χ2v) is 3.86. The molecule has 0 heterocycles. The second kappa shape index (κ2) is 13.8. The molecule has 0 nitrogen and oxygen atoms in total. The van der Waals surface area contributed by atoms with Crippen LogP contribution in [0.4, 0.5) is 0 Å². The molecule has 0 atom stereocenters. The predicted octanol–water partition coefficient (Wildman–Crippen LogP) is 3.59. The van der Waals surface area contributed by atoms with Crippen molar-refractivity contribution in [2.75, 3.05) is 5.75 Å². The van der Waals surface area contributed by atoms with Crippen molar-refractivity contribution in [1.29, 1.82) is 0 Å². The van der Waals surface area contributed by atoms with Crippen LogP contribution in [-0.2, 0) is 0 Å². The summed E-state index contributed by atoms with van der Waals surface area (Å²) in [6.07, 6.45) is 8.19. The van der Waals surface area contributed by atoms with Crippen molar-refractivity contribution in [3.05, 3.63) is 0 Å². The summed E-state index contributed by atoms with van der Waals surface area (Å²) in [4.78, 5) is 0. The molecule has 0 unspecified atom stereocenters. The first kappa shape index (κ1) is 14.7. The van der Waals surface area contributed by atoms with Gasteiger partial charge in [-0.1, -0.05) is 50.0 Å². The van der Waals surface area contributed by atoms with Crippen LogP contribution in [0.2, 0.25) is 0 Å². The van der Waals surface area contributed by atoms with Gasteiger partial charge < -0.3 is 0 Å². The van der Waals surface area contributed by atoms with Gasteiger partial charge in [-0.15, -0.1) is 0 Å². The zero-order valence-corrected chi connectivity index (χ0v) is 8.31. The van der Waals surface area contributed by atoms with Gasteiger partial charge in [-0.2, -0.15) is 0 Å². The molecule has 0 aromatic carbocycles. The summed E-state index contributed by atoms with van der Waals surface area (Å²) < 4.78 is 0. The van der Waals surface area contributed by atoms with Crippen LogP contribution in [0, 0.1) is 0 Å². The summed E-state index contributed by atoms with van der Waals surface area (Å²) in [5.74, 6) is 1.12. The van der Waals surface area contributed by atoms with Gasteiger partial charge in [-0.3, -0.25) is 0 Å². The molecule has 0 bridgehead atoms. The third-order valence-corrected chi connectivity index (χ3v) is 2.48. The van der Waals surface area contributed by atoms with Gasteiger partial charge in [-0.25, -0.2) is 0 Å². The van der Waals surface area contributed by atoms with Crippen molar-refractivity contribution in [2.45, 2.75) is 45.4 Å². The minimum atomic E-state index is 0. The molecule has 0 aromatic rings. The first-order chi connectivity index (χ1) is 4.91. The molecule has 0 fully saturated rings. The summed E-state index contributed by atoms with van der Waals surface area (Å²) in [7, 11) is 6.90. The maximum absolute atomic E-state index is 5.46. The molecule has 3 heteroatoms. The molecule has 0 aromatic heterocycles. The summed E-state index contributed by atoms with van der Waals surface area (Å²) in [6, 6.07) is 0. The number of rotatable bonds is 7. The number of halogens is 1. The fourth-order valence-corrected chi connectivity index (χ4v) is 1.58. The Labute approximate surface area is 91.5 Å². The zero-order chi connectivity index (χ0) is 7.66. The van der Waals surface area contributed by atoms with Gasteiger partial charge in [0.05, 0.1) is 0 Å². The van der Waals surface area contributed by atoms with Gasteiger partial charge in [0.15, 0.2) is 0 Å². The van der Waals surface area contributed by atoms with Crippen LogP contribution >= 0.6 is 21.7 Å². The maximum atomic E-state index is 5.46. The summed E-state index contributed by atoms with van der Waals surface area (Å²) in [5, 5.41) is 0. The molecule has 0 saturated heterocycles. The molecule has 0 saturated carbocycles. The molecule has 0 rings (SSSR count). The Bertz CT molecular complexity index is 54.1. The van der Waals surface area contributed by atoms with E-state index >= 15 is 0 Å². The quantitative estimate of drug-likeness (QED) is 0.435. The molecule has 0 aliphatic rings. The molecule has 0 spiro atoms. The molecule has 0 aliphatic heterocycles. The monoisotopic (exact) mass is 188 g/mol. The Kier molecular flexibility index (Phi) is 18.5. The van der Waals surface area contributed by atoms with E-state index in [1.165, 1.54) is 49.5 Å². The van der Waals surface area contributed by atoms with Crippen LogP contribution in [0.15, 0.2) is 0 Å². The summed E-state index contributed by atoms with van der Waals surface area (Å²) >= 11 is 0. The van der Waals surface area contributed by atoms with E-state index in [0.29, 0.717) is 0 Å². The van der Waals surface area contributed by atoms with Crippen LogP contribution < -0.4 is 0 Å². The SMILES string of the molecule is CCCCCCCCSCl.[LiH]. The van der Waals surface area contributed by atoms with E-state index < -0.39 is 0 Å². The second-order valence-electron chi connectivity index (χ2n) is 2.58. The standard InChI is InChI=1S/C8H17ClS.Li.H/c1-2-3-4-5-6-7-8-10-9;;/h2-8H2,1H3;;. The van der Waals surface area contributed by atoms with Crippen molar-refractivity contribution in [2.24, 2.45) is 0 Å². The van der Waals surface area contributed by atoms with Gasteiger partial charge >= 0.3 is 18.9 Å². The molecule has 0 amide bonds. The normalized spacial score (nSPS) is 9.27. The predicted molar refractivity (Wildman–Crippen MR) is 58.8 cm³/mol. The van der Waals surface area contributed by atoms with Crippen molar-refractivity contribution < 1.29 is 0 Å². The topological polar surface area (TPSA) is 0 Å². The van der Waals surface area contributed by atoms with Gasteiger partial charge in [0, 0.05) is 5.75 Å². The first-order valence-electron chi connectivity index (χ1n) is 4.15. The zero-order valence-electron chi connectivity index (χ0n) is 6.74. The van der Waals surface area contributed by atoms with Gasteiger partial charge in [0.25, 0.3) is 0 Å². The fraction of sp³-hybridized carbons (Fsp3) is 1.00. The molecule has 0 aliphatic carbocycles. The van der Waals surface area contributed by atoms with E-state index in [1.54, 1.807) is 0 Å². The summed E-state index contributed by atoms with van der Waals surface area (Å²) in [6.45, 7) is 2.24. The van der Waals surface area contributed by atoms with Crippen molar-refractivity contribution in [3.63, 3.8) is 0 Å². The average molecular weight is 189 g/mol. The molecule has 11 heavy (non-hydrogen) atoms. The van der Waals surface area contributed by atoms with Crippen LogP contribution in [0.5, 0.6) is 0 Å². The van der Waals surface area contributed by atoms with Crippen molar-refractivity contribution in [3.8, 4) is 0 Å². The van der Waals surface area contributed by atoms with E-state index in [2.05, 4.69) is 6.92 Å². The number of hydrogen-bond acceptors (Lipinski definition) is 1. The van der Waals surface area contributed by atoms with E-state index in [1.807, 2.05) is 0 Å². The first-order valence-corrected chi connectivity index (χ1v) is 5.96. The molecule has 0 radical (unpaired) electrons. The molecular weight excluding hydrogens is 171 g/mol. The van der Waals surface area contributed by atoms with E-state index in [4.69, 9.17) is 10.7 Å². The van der Waals surface area contributed by atoms with Crippen LogP contribution in [0.3, 0.4) is 0 Å². The van der Waals surface area contributed by atoms with Crippen molar-refractivity contribution in [1.82, 2.24) is 0 Å². The Morgan fingerprint density at radius 2 is 1.55 bits per heavy atom. The van der Waals surface area contributed by atoms with Gasteiger partial charge in [-0.05, 0) is 17.1 Å². The van der Waals surface area contributed by atoms with Crippen molar-refractivity contribution >= 4 is 40.5 Å². The Morgan fingerprint density at radius 3 is 2.09 bits per heavy atom. The van der Waals surface area contributed by atoms with Gasteiger partial charge in [0.2, 0.25) is 0 Å². The molecule has 64 valence electrons.